The second-order valence-corrected chi connectivity index (χ2v) is 7.19. The summed E-state index contributed by atoms with van der Waals surface area (Å²) in [6.07, 6.45) is 0. The summed E-state index contributed by atoms with van der Waals surface area (Å²) in [6, 6.07) is 7.90. The Kier molecular flexibility index (Phi) is 7.19. The lowest BCUT2D eigenvalue weighted by molar-refractivity contribution is -0.120. The molecule has 1 unspecified atom stereocenters. The number of hydrogen-bond acceptors (Lipinski definition) is 7. The number of nitrogens with zero attached hydrogens (tertiary/aromatic N) is 4. The van der Waals surface area contributed by atoms with Crippen molar-refractivity contribution in [2.24, 2.45) is 0 Å². The fourth-order valence-corrected chi connectivity index (χ4v) is 3.48. The molecule has 1 amide bonds. The average molecular weight is 398 g/mol. The average Bonchev–Trinajstić information content (AvgIpc) is 3.06. The van der Waals surface area contributed by atoms with Crippen LogP contribution in [-0.4, -0.2) is 60.3 Å². The van der Waals surface area contributed by atoms with Gasteiger partial charge in [0.1, 0.15) is 10.8 Å². The number of carbonyl (C=O) groups is 1. The van der Waals surface area contributed by atoms with Gasteiger partial charge in [0, 0.05) is 31.9 Å². The zero-order chi connectivity index (χ0) is 17.8. The molecule has 1 aliphatic heterocycles. The molecule has 142 valence electrons. The predicted molar refractivity (Wildman–Crippen MR) is 107 cm³/mol. The van der Waals surface area contributed by atoms with E-state index in [9.17, 15) is 4.79 Å². The molecular weight excluding hydrogens is 374 g/mol. The van der Waals surface area contributed by atoms with Crippen LogP contribution in [0.15, 0.2) is 24.3 Å². The molecule has 1 aromatic heterocycles. The minimum Gasteiger partial charge on any atom is -0.497 e. The Morgan fingerprint density at radius 3 is 2.38 bits per heavy atom. The number of aromatic nitrogens is 2. The Hall–Kier alpha value is -1.90. The second kappa shape index (κ2) is 9.16. The molecule has 0 aliphatic carbocycles. The molecule has 1 saturated heterocycles. The predicted octanol–water partition coefficient (Wildman–Crippen LogP) is 2.43. The molecule has 9 heteroatoms. The van der Waals surface area contributed by atoms with E-state index in [2.05, 4.69) is 37.4 Å². The number of carbonyl (C=O) groups excluding carboxylic acids is 1. The van der Waals surface area contributed by atoms with E-state index < -0.39 is 0 Å². The summed E-state index contributed by atoms with van der Waals surface area (Å²) >= 11 is 1.39. The van der Waals surface area contributed by atoms with Gasteiger partial charge in [-0.1, -0.05) is 11.3 Å². The molecule has 1 aliphatic rings. The lowest BCUT2D eigenvalue weighted by atomic mass is 10.2. The van der Waals surface area contributed by atoms with Gasteiger partial charge in [0.05, 0.1) is 13.2 Å². The van der Waals surface area contributed by atoms with Crippen LogP contribution in [0.4, 0.5) is 10.8 Å². The SMILES string of the molecule is COc1ccc(N2CCN(C(C)C(=O)Nc3nnc(C)s3)CC2)cc1.Cl. The smallest absolute Gasteiger partial charge is 0.243 e. The molecule has 0 bridgehead atoms. The van der Waals surface area contributed by atoms with Gasteiger partial charge in [-0.15, -0.1) is 22.6 Å². The van der Waals surface area contributed by atoms with E-state index >= 15 is 0 Å². The summed E-state index contributed by atoms with van der Waals surface area (Å²) in [6.45, 7) is 7.27. The number of aryl methyl sites for hydroxylation is 1. The van der Waals surface area contributed by atoms with Crippen molar-refractivity contribution < 1.29 is 9.53 Å². The van der Waals surface area contributed by atoms with Crippen LogP contribution in [0, 0.1) is 6.92 Å². The molecule has 0 spiro atoms. The van der Waals surface area contributed by atoms with Gasteiger partial charge in [0.2, 0.25) is 11.0 Å². The first-order valence-corrected chi connectivity index (χ1v) is 9.12. The van der Waals surface area contributed by atoms with E-state index in [1.165, 1.54) is 17.0 Å². The summed E-state index contributed by atoms with van der Waals surface area (Å²) < 4.78 is 5.20. The number of piperazine rings is 1. The quantitative estimate of drug-likeness (QED) is 0.835. The third kappa shape index (κ3) is 4.84. The molecule has 1 atom stereocenters. The van der Waals surface area contributed by atoms with E-state index in [0.717, 1.165) is 36.9 Å². The Labute approximate surface area is 163 Å². The molecule has 3 rings (SSSR count). The van der Waals surface area contributed by atoms with Crippen molar-refractivity contribution in [3.63, 3.8) is 0 Å². The Morgan fingerprint density at radius 1 is 1.19 bits per heavy atom. The van der Waals surface area contributed by atoms with Crippen molar-refractivity contribution >= 4 is 40.5 Å². The van der Waals surface area contributed by atoms with E-state index in [0.29, 0.717) is 5.13 Å². The number of methoxy groups -OCH3 is 1. The number of benzene rings is 1. The highest BCUT2D eigenvalue weighted by Gasteiger charge is 2.26. The number of amides is 1. The standard InChI is InChI=1S/C17H23N5O2S.ClH/c1-12(16(23)18-17-20-19-13(2)25-17)21-8-10-22(11-9-21)14-4-6-15(24-3)7-5-14;/h4-7,12H,8-11H2,1-3H3,(H,18,20,23);1H. The Balaban J connectivity index is 0.00000243. The van der Waals surface area contributed by atoms with Crippen molar-refractivity contribution in [3.05, 3.63) is 29.3 Å². The van der Waals surface area contributed by atoms with Crippen molar-refractivity contribution in [2.75, 3.05) is 43.5 Å². The molecule has 2 aromatic rings. The fourth-order valence-electron chi connectivity index (χ4n) is 2.88. The molecule has 7 nitrogen and oxygen atoms in total. The lowest BCUT2D eigenvalue weighted by Crippen LogP contribution is -2.52. The number of nitrogens with one attached hydrogen (secondary N) is 1. The number of ether oxygens (including phenoxy) is 1. The summed E-state index contributed by atoms with van der Waals surface area (Å²) in [7, 11) is 1.67. The molecule has 1 fully saturated rings. The van der Waals surface area contributed by atoms with E-state index in [1.807, 2.05) is 26.0 Å². The molecule has 26 heavy (non-hydrogen) atoms. The van der Waals surface area contributed by atoms with Crippen LogP contribution >= 0.6 is 23.7 Å². The number of hydrogen-bond donors (Lipinski definition) is 1. The van der Waals surface area contributed by atoms with Crippen LogP contribution in [0.3, 0.4) is 0 Å². The molecule has 1 aromatic carbocycles. The highest BCUT2D eigenvalue weighted by atomic mass is 35.5. The van der Waals surface area contributed by atoms with Gasteiger partial charge in [-0.25, -0.2) is 0 Å². The van der Waals surface area contributed by atoms with Crippen molar-refractivity contribution in [1.29, 1.82) is 0 Å². The monoisotopic (exact) mass is 397 g/mol. The lowest BCUT2D eigenvalue weighted by Gasteiger charge is -2.38. The Bertz CT molecular complexity index is 716. The third-order valence-corrected chi connectivity index (χ3v) is 5.19. The zero-order valence-corrected chi connectivity index (χ0v) is 16.8. The van der Waals surface area contributed by atoms with Crippen LogP contribution < -0.4 is 15.0 Å². The maximum absolute atomic E-state index is 12.4. The van der Waals surface area contributed by atoms with Crippen LogP contribution in [-0.2, 0) is 4.79 Å². The maximum Gasteiger partial charge on any atom is 0.243 e. The molecule has 1 N–H and O–H groups in total. The van der Waals surface area contributed by atoms with Gasteiger partial charge in [-0.3, -0.25) is 15.0 Å². The van der Waals surface area contributed by atoms with Gasteiger partial charge < -0.3 is 9.64 Å². The van der Waals surface area contributed by atoms with Crippen LogP contribution in [0.5, 0.6) is 5.75 Å². The molecule has 0 radical (unpaired) electrons. The molecular formula is C17H24ClN5O2S. The van der Waals surface area contributed by atoms with E-state index in [1.54, 1.807) is 7.11 Å². The van der Waals surface area contributed by atoms with Crippen molar-refractivity contribution in [2.45, 2.75) is 19.9 Å². The van der Waals surface area contributed by atoms with Crippen molar-refractivity contribution in [1.82, 2.24) is 15.1 Å². The van der Waals surface area contributed by atoms with Gasteiger partial charge >= 0.3 is 0 Å². The highest BCUT2D eigenvalue weighted by Crippen LogP contribution is 2.21. The van der Waals surface area contributed by atoms with E-state index in [4.69, 9.17) is 4.74 Å². The summed E-state index contributed by atoms with van der Waals surface area (Å²) in [5.41, 5.74) is 1.18. The third-order valence-electron chi connectivity index (χ3n) is 4.44. The highest BCUT2D eigenvalue weighted by molar-refractivity contribution is 7.15. The summed E-state index contributed by atoms with van der Waals surface area (Å²) in [4.78, 5) is 16.9. The fraction of sp³-hybridized carbons (Fsp3) is 0.471. The number of halogens is 1. The molecule has 2 heterocycles. The number of anilines is 2. The van der Waals surface area contributed by atoms with Crippen LogP contribution in [0.2, 0.25) is 0 Å². The minimum absolute atomic E-state index is 0. The normalized spacial score (nSPS) is 15.9. The summed E-state index contributed by atoms with van der Waals surface area (Å²) in [5.74, 6) is 0.827. The first-order chi connectivity index (χ1) is 12.1. The van der Waals surface area contributed by atoms with Crippen LogP contribution in [0.1, 0.15) is 11.9 Å². The van der Waals surface area contributed by atoms with Crippen LogP contribution in [0.25, 0.3) is 0 Å². The zero-order valence-electron chi connectivity index (χ0n) is 15.1. The number of rotatable bonds is 5. The second-order valence-electron chi connectivity index (χ2n) is 6.01. The first-order valence-electron chi connectivity index (χ1n) is 8.31. The van der Waals surface area contributed by atoms with Gasteiger partial charge in [0.15, 0.2) is 0 Å². The van der Waals surface area contributed by atoms with Gasteiger partial charge in [0.25, 0.3) is 0 Å². The maximum atomic E-state index is 12.4. The van der Waals surface area contributed by atoms with Gasteiger partial charge in [-0.2, -0.15) is 0 Å². The summed E-state index contributed by atoms with van der Waals surface area (Å²) in [5, 5.41) is 12.1. The van der Waals surface area contributed by atoms with E-state index in [-0.39, 0.29) is 24.4 Å². The largest absolute Gasteiger partial charge is 0.497 e. The minimum atomic E-state index is -0.192. The Morgan fingerprint density at radius 2 is 1.85 bits per heavy atom. The van der Waals surface area contributed by atoms with Gasteiger partial charge in [-0.05, 0) is 38.1 Å². The van der Waals surface area contributed by atoms with Crippen molar-refractivity contribution in [3.8, 4) is 5.75 Å². The first kappa shape index (κ1) is 20.4. The molecule has 0 saturated carbocycles. The topological polar surface area (TPSA) is 70.6 Å².